The molecule has 0 aliphatic rings. The van der Waals surface area contributed by atoms with E-state index >= 15 is 0 Å². The molecule has 0 aliphatic carbocycles. The lowest BCUT2D eigenvalue weighted by molar-refractivity contribution is -0.129. The molecule has 34 heavy (non-hydrogen) atoms. The Morgan fingerprint density at radius 2 is 1.97 bits per heavy atom. The van der Waals surface area contributed by atoms with Crippen molar-refractivity contribution >= 4 is 46.0 Å². The van der Waals surface area contributed by atoms with Crippen LogP contribution < -0.4 is 20.2 Å². The van der Waals surface area contributed by atoms with Gasteiger partial charge in [0.2, 0.25) is 0 Å². The molecule has 0 bridgehead atoms. The molecule has 10 heteroatoms. The first kappa shape index (κ1) is 24.5. The molecule has 1 heterocycles. The van der Waals surface area contributed by atoms with Gasteiger partial charge in [-0.3, -0.25) is 9.59 Å². The number of rotatable bonds is 9. The van der Waals surface area contributed by atoms with Gasteiger partial charge in [-0.15, -0.1) is 0 Å². The fraction of sp³-hybridized carbons (Fsp3) is 0.0833. The molecular weight excluding hydrogens is 506 g/mol. The highest BCUT2D eigenvalue weighted by molar-refractivity contribution is 9.10. The average Bonchev–Trinajstić information content (AvgIpc) is 3.36. The number of nitrogens with one attached hydrogen (secondary N) is 2. The summed E-state index contributed by atoms with van der Waals surface area (Å²) in [4.78, 5) is 36.3. The van der Waals surface area contributed by atoms with Gasteiger partial charge in [-0.25, -0.2) is 10.2 Å². The summed E-state index contributed by atoms with van der Waals surface area (Å²) in [6, 6.07) is 14.9. The molecule has 3 aromatic rings. The summed E-state index contributed by atoms with van der Waals surface area (Å²) in [5, 5.41) is 6.37. The van der Waals surface area contributed by atoms with Gasteiger partial charge in [-0.2, -0.15) is 5.10 Å². The van der Waals surface area contributed by atoms with Crippen molar-refractivity contribution in [1.82, 2.24) is 10.7 Å². The lowest BCUT2D eigenvalue weighted by atomic mass is 10.2. The molecule has 0 spiro atoms. The number of hydrazone groups is 1. The maximum atomic E-state index is 12.2. The van der Waals surface area contributed by atoms with Crippen LogP contribution in [-0.2, 0) is 9.59 Å². The number of hydrogen-bond donors (Lipinski definition) is 2. The molecular formula is C24H20BrN3O6. The first-order valence-corrected chi connectivity index (χ1v) is 10.7. The van der Waals surface area contributed by atoms with E-state index in [0.29, 0.717) is 22.6 Å². The minimum atomic E-state index is -0.613. The summed E-state index contributed by atoms with van der Waals surface area (Å²) < 4.78 is 16.3. The Balaban J connectivity index is 1.55. The van der Waals surface area contributed by atoms with Crippen molar-refractivity contribution in [3.8, 4) is 11.5 Å². The van der Waals surface area contributed by atoms with Crippen molar-refractivity contribution in [1.29, 1.82) is 0 Å². The molecule has 174 valence electrons. The summed E-state index contributed by atoms with van der Waals surface area (Å²) in [5.74, 6) is -0.303. The van der Waals surface area contributed by atoms with Crippen LogP contribution in [0, 0.1) is 0 Å². The zero-order valence-corrected chi connectivity index (χ0v) is 19.6. The van der Waals surface area contributed by atoms with Gasteiger partial charge < -0.3 is 19.2 Å². The first-order valence-electron chi connectivity index (χ1n) is 9.91. The standard InChI is InChI=1S/C24H20BrN3O6/c1-32-20-5-2-4-16(13-20)24(31)26-15-22(29)28-27-14-17-12-18(25)7-9-21(17)34-23(30)10-8-19-6-3-11-33-19/h2-14H,15H2,1H3,(H,26,31)(H,28,29)/b10-8+,27-14-. The Hall–Kier alpha value is -4.18. The Kier molecular flexibility index (Phi) is 8.75. The Bertz CT molecular complexity index is 1220. The van der Waals surface area contributed by atoms with E-state index in [1.807, 2.05) is 0 Å². The molecule has 2 amide bonds. The van der Waals surface area contributed by atoms with Gasteiger partial charge in [-0.05, 0) is 54.6 Å². The van der Waals surface area contributed by atoms with Crippen LogP contribution in [0.25, 0.3) is 6.08 Å². The van der Waals surface area contributed by atoms with Crippen LogP contribution in [0.5, 0.6) is 11.5 Å². The molecule has 0 atom stereocenters. The van der Waals surface area contributed by atoms with Gasteiger partial charge in [0.05, 0.1) is 26.1 Å². The van der Waals surface area contributed by atoms with E-state index < -0.39 is 17.8 Å². The number of halogens is 1. The quantitative estimate of drug-likeness (QED) is 0.145. The van der Waals surface area contributed by atoms with Crippen LogP contribution in [0.3, 0.4) is 0 Å². The van der Waals surface area contributed by atoms with Crippen molar-refractivity contribution in [2.75, 3.05) is 13.7 Å². The van der Waals surface area contributed by atoms with E-state index in [1.54, 1.807) is 54.6 Å². The molecule has 9 nitrogen and oxygen atoms in total. The summed E-state index contributed by atoms with van der Waals surface area (Å²) in [6.45, 7) is -0.286. The highest BCUT2D eigenvalue weighted by atomic mass is 79.9. The minimum Gasteiger partial charge on any atom is -0.497 e. The van der Waals surface area contributed by atoms with E-state index in [9.17, 15) is 14.4 Å². The summed E-state index contributed by atoms with van der Waals surface area (Å²) in [5.41, 5.74) is 3.11. The number of methoxy groups -OCH3 is 1. The van der Waals surface area contributed by atoms with Crippen molar-refractivity contribution in [3.63, 3.8) is 0 Å². The minimum absolute atomic E-state index is 0.238. The van der Waals surface area contributed by atoms with Crippen molar-refractivity contribution in [3.05, 3.63) is 88.3 Å². The zero-order valence-electron chi connectivity index (χ0n) is 18.0. The molecule has 2 N–H and O–H groups in total. The van der Waals surface area contributed by atoms with Crippen LogP contribution in [0.1, 0.15) is 21.7 Å². The maximum Gasteiger partial charge on any atom is 0.336 e. The molecule has 1 aromatic heterocycles. The Labute approximate surface area is 203 Å². The van der Waals surface area contributed by atoms with Crippen LogP contribution in [0.2, 0.25) is 0 Å². The number of nitrogens with zero attached hydrogens (tertiary/aromatic N) is 1. The second-order valence-corrected chi connectivity index (χ2v) is 7.58. The zero-order chi connectivity index (χ0) is 24.3. The van der Waals surface area contributed by atoms with Crippen molar-refractivity contribution in [2.24, 2.45) is 5.10 Å². The van der Waals surface area contributed by atoms with Gasteiger partial charge in [0.25, 0.3) is 11.8 Å². The molecule has 2 aromatic carbocycles. The fourth-order valence-electron chi connectivity index (χ4n) is 2.63. The number of carbonyl (C=O) groups is 3. The Morgan fingerprint density at radius 1 is 1.12 bits per heavy atom. The molecule has 3 rings (SSSR count). The van der Waals surface area contributed by atoms with Gasteiger partial charge in [0.1, 0.15) is 17.3 Å². The average molecular weight is 526 g/mol. The number of hydrogen-bond acceptors (Lipinski definition) is 7. The van der Waals surface area contributed by atoms with Crippen molar-refractivity contribution in [2.45, 2.75) is 0 Å². The SMILES string of the molecule is COc1cccc(C(=O)NCC(=O)N/N=C\c2cc(Br)ccc2OC(=O)/C=C/c2ccco2)c1. The highest BCUT2D eigenvalue weighted by Crippen LogP contribution is 2.22. The van der Waals surface area contributed by atoms with Gasteiger partial charge >= 0.3 is 5.97 Å². The number of amides is 2. The molecule has 0 fully saturated rings. The Morgan fingerprint density at radius 3 is 2.74 bits per heavy atom. The van der Waals surface area contributed by atoms with Gasteiger partial charge in [-0.1, -0.05) is 22.0 Å². The van der Waals surface area contributed by atoms with E-state index in [-0.39, 0.29) is 12.3 Å². The summed E-state index contributed by atoms with van der Waals surface area (Å²) in [6.07, 6.45) is 5.53. The third kappa shape index (κ3) is 7.45. The topological polar surface area (TPSA) is 119 Å². The lowest BCUT2D eigenvalue weighted by Gasteiger charge is -2.07. The van der Waals surface area contributed by atoms with Crippen molar-refractivity contribution < 1.29 is 28.3 Å². The number of esters is 1. The van der Waals surface area contributed by atoms with Gasteiger partial charge in [0.15, 0.2) is 0 Å². The van der Waals surface area contributed by atoms with E-state index in [1.165, 1.54) is 31.7 Å². The highest BCUT2D eigenvalue weighted by Gasteiger charge is 2.10. The molecule has 0 saturated heterocycles. The normalized spacial score (nSPS) is 10.9. The predicted octanol–water partition coefficient (Wildman–Crippen LogP) is 3.55. The van der Waals surface area contributed by atoms with Gasteiger partial charge in [0, 0.05) is 21.7 Å². The molecule has 0 saturated carbocycles. The third-order valence-electron chi connectivity index (χ3n) is 4.24. The summed E-state index contributed by atoms with van der Waals surface area (Å²) >= 11 is 3.34. The second kappa shape index (κ2) is 12.2. The fourth-order valence-corrected chi connectivity index (χ4v) is 3.01. The van der Waals surface area contributed by atoms with Crippen LogP contribution in [-0.4, -0.2) is 37.7 Å². The smallest absolute Gasteiger partial charge is 0.336 e. The number of benzene rings is 2. The first-order chi connectivity index (χ1) is 16.4. The molecule has 0 unspecified atom stereocenters. The maximum absolute atomic E-state index is 12.2. The van der Waals surface area contributed by atoms with Crippen LogP contribution >= 0.6 is 15.9 Å². The summed E-state index contributed by atoms with van der Waals surface area (Å²) in [7, 11) is 1.50. The largest absolute Gasteiger partial charge is 0.497 e. The number of carbonyl (C=O) groups excluding carboxylic acids is 3. The van der Waals surface area contributed by atoms with E-state index in [2.05, 4.69) is 31.8 Å². The third-order valence-corrected chi connectivity index (χ3v) is 4.74. The van der Waals surface area contributed by atoms with E-state index in [0.717, 1.165) is 4.47 Å². The number of furan rings is 1. The lowest BCUT2D eigenvalue weighted by Crippen LogP contribution is -2.34. The predicted molar refractivity (Wildman–Crippen MR) is 129 cm³/mol. The van der Waals surface area contributed by atoms with E-state index in [4.69, 9.17) is 13.9 Å². The van der Waals surface area contributed by atoms with Crippen LogP contribution in [0.15, 0.2) is 80.9 Å². The molecule has 0 aliphatic heterocycles. The second-order valence-electron chi connectivity index (χ2n) is 6.66. The van der Waals surface area contributed by atoms with Crippen LogP contribution in [0.4, 0.5) is 0 Å². The number of ether oxygens (including phenoxy) is 2. The molecule has 0 radical (unpaired) electrons. The monoisotopic (exact) mass is 525 g/mol.